The van der Waals surface area contributed by atoms with Gasteiger partial charge in [-0.15, -0.1) is 0 Å². The summed E-state index contributed by atoms with van der Waals surface area (Å²) in [6.45, 7) is 0. The van der Waals surface area contributed by atoms with Crippen molar-refractivity contribution in [2.45, 2.75) is 6.17 Å². The Balaban J connectivity index is 1.08. The molecule has 1 N–H and O–H groups in total. The molecule has 0 saturated carbocycles. The van der Waals surface area contributed by atoms with Gasteiger partial charge in [0.25, 0.3) is 0 Å². The highest BCUT2D eigenvalue weighted by Gasteiger charge is 2.21. The summed E-state index contributed by atoms with van der Waals surface area (Å²) in [6, 6.07) is 68.2. The second-order valence-corrected chi connectivity index (χ2v) is 13.6. The number of pyridine rings is 1. The van der Waals surface area contributed by atoms with Gasteiger partial charge in [-0.2, -0.15) is 0 Å². The highest BCUT2D eigenvalue weighted by molar-refractivity contribution is 6.18. The summed E-state index contributed by atoms with van der Waals surface area (Å²) in [4.78, 5) is 15.5. The third-order valence-electron chi connectivity index (χ3n) is 10.3. The quantitative estimate of drug-likeness (QED) is 0.177. The highest BCUT2D eigenvalue weighted by Crippen LogP contribution is 2.40. The van der Waals surface area contributed by atoms with Gasteiger partial charge in [0.1, 0.15) is 11.7 Å². The molecule has 0 fully saturated rings. The minimum atomic E-state index is -0.377. The lowest BCUT2D eigenvalue weighted by molar-refractivity contribution is 0.756. The molecule has 0 saturated heterocycles. The van der Waals surface area contributed by atoms with E-state index in [9.17, 15) is 0 Å². The molecule has 1 aliphatic rings. The smallest absolute Gasteiger partial charge is 0.169 e. The molecule has 1 aromatic heterocycles. The van der Waals surface area contributed by atoms with Gasteiger partial charge in [-0.3, -0.25) is 0 Å². The van der Waals surface area contributed by atoms with Crippen molar-refractivity contribution in [1.29, 1.82) is 0 Å². The number of hydrogen-bond donors (Lipinski definition) is 1. The standard InChI is InChI=1S/C50H34N4/c1-4-14-34(15-5-1)44-32-46(42-24-12-21-33-16-10-11-22-40(33)42)51-45-31-30-41-39(23-13-25-43(41)47(44)45)35-26-28-38(29-27-35)50-53-48(36-17-6-2-7-18-36)52-49(54-50)37-19-8-3-9-20-37/h1-32,50H,(H,52,53,54). The molecule has 2 heterocycles. The summed E-state index contributed by atoms with van der Waals surface area (Å²) in [5.74, 6) is 1.62. The van der Waals surface area contributed by atoms with Crippen LogP contribution in [0.25, 0.3) is 66.0 Å². The van der Waals surface area contributed by atoms with E-state index in [2.05, 4.69) is 163 Å². The van der Waals surface area contributed by atoms with E-state index in [1.807, 2.05) is 36.4 Å². The molecule has 0 bridgehead atoms. The number of hydrogen-bond acceptors (Lipinski definition) is 4. The average molecular weight is 691 g/mol. The van der Waals surface area contributed by atoms with Crippen molar-refractivity contribution in [1.82, 2.24) is 10.3 Å². The molecule has 4 nitrogen and oxygen atoms in total. The molecule has 1 aliphatic heterocycles. The summed E-state index contributed by atoms with van der Waals surface area (Å²) >= 11 is 0. The Morgan fingerprint density at radius 3 is 1.65 bits per heavy atom. The van der Waals surface area contributed by atoms with E-state index in [0.717, 1.165) is 56.1 Å². The number of benzene rings is 8. The lowest BCUT2D eigenvalue weighted by Crippen LogP contribution is -2.35. The minimum Gasteiger partial charge on any atom is -0.324 e. The van der Waals surface area contributed by atoms with Crippen molar-refractivity contribution in [3.63, 3.8) is 0 Å². The predicted molar refractivity (Wildman–Crippen MR) is 225 cm³/mol. The van der Waals surface area contributed by atoms with Crippen LogP contribution in [0.5, 0.6) is 0 Å². The van der Waals surface area contributed by atoms with E-state index in [1.54, 1.807) is 0 Å². The minimum absolute atomic E-state index is 0.377. The summed E-state index contributed by atoms with van der Waals surface area (Å²) in [5.41, 5.74) is 10.8. The molecule has 0 unspecified atom stereocenters. The third-order valence-corrected chi connectivity index (χ3v) is 10.3. The maximum absolute atomic E-state index is 5.32. The molecule has 9 aromatic rings. The zero-order chi connectivity index (χ0) is 35.8. The van der Waals surface area contributed by atoms with Gasteiger partial charge in [0.2, 0.25) is 0 Å². The largest absolute Gasteiger partial charge is 0.324 e. The molecule has 10 rings (SSSR count). The summed E-state index contributed by atoms with van der Waals surface area (Å²) in [6.07, 6.45) is -0.377. The monoisotopic (exact) mass is 690 g/mol. The fourth-order valence-corrected chi connectivity index (χ4v) is 7.70. The first-order chi connectivity index (χ1) is 26.8. The number of aromatic nitrogens is 1. The molecule has 54 heavy (non-hydrogen) atoms. The maximum Gasteiger partial charge on any atom is 0.169 e. The number of rotatable bonds is 6. The van der Waals surface area contributed by atoms with E-state index < -0.39 is 0 Å². The summed E-state index contributed by atoms with van der Waals surface area (Å²) < 4.78 is 0. The van der Waals surface area contributed by atoms with E-state index >= 15 is 0 Å². The Bertz CT molecular complexity index is 2820. The van der Waals surface area contributed by atoms with Crippen LogP contribution in [0.1, 0.15) is 22.9 Å². The second kappa shape index (κ2) is 13.4. The Morgan fingerprint density at radius 2 is 0.944 bits per heavy atom. The molecular weight excluding hydrogens is 657 g/mol. The van der Waals surface area contributed by atoms with Gasteiger partial charge >= 0.3 is 0 Å². The van der Waals surface area contributed by atoms with Gasteiger partial charge in [0, 0.05) is 22.1 Å². The van der Waals surface area contributed by atoms with Crippen LogP contribution in [0.3, 0.4) is 0 Å². The Kier molecular flexibility index (Phi) is 7.85. The Morgan fingerprint density at radius 1 is 0.389 bits per heavy atom. The number of nitrogens with zero attached hydrogens (tertiary/aromatic N) is 3. The third kappa shape index (κ3) is 5.71. The van der Waals surface area contributed by atoms with Crippen LogP contribution < -0.4 is 5.32 Å². The van der Waals surface area contributed by atoms with Crippen LogP contribution >= 0.6 is 0 Å². The Hall–Kier alpha value is -7.17. The van der Waals surface area contributed by atoms with Crippen molar-refractivity contribution in [2.24, 2.45) is 9.98 Å². The molecular formula is C50H34N4. The molecule has 8 aromatic carbocycles. The zero-order valence-corrected chi connectivity index (χ0v) is 29.4. The number of aliphatic imine (C=N–C) groups is 2. The molecule has 0 amide bonds. The molecule has 0 spiro atoms. The maximum atomic E-state index is 5.32. The van der Waals surface area contributed by atoms with Gasteiger partial charge in [-0.1, -0.05) is 182 Å². The first-order valence-electron chi connectivity index (χ1n) is 18.3. The van der Waals surface area contributed by atoms with Crippen LogP contribution in [-0.4, -0.2) is 16.7 Å². The van der Waals surface area contributed by atoms with Gasteiger partial charge in [-0.05, 0) is 61.5 Å². The van der Waals surface area contributed by atoms with Crippen molar-refractivity contribution in [3.05, 3.63) is 211 Å². The Labute approximate surface area is 313 Å². The van der Waals surface area contributed by atoms with Gasteiger partial charge in [0.05, 0.1) is 11.2 Å². The zero-order valence-electron chi connectivity index (χ0n) is 29.4. The highest BCUT2D eigenvalue weighted by atomic mass is 15.2. The number of amidine groups is 2. The lowest BCUT2D eigenvalue weighted by Gasteiger charge is -2.22. The van der Waals surface area contributed by atoms with Crippen molar-refractivity contribution < 1.29 is 0 Å². The van der Waals surface area contributed by atoms with E-state index in [4.69, 9.17) is 15.0 Å². The van der Waals surface area contributed by atoms with Crippen LogP contribution in [0.4, 0.5) is 0 Å². The first kappa shape index (κ1) is 31.6. The van der Waals surface area contributed by atoms with Gasteiger partial charge in [-0.25, -0.2) is 15.0 Å². The number of fused-ring (bicyclic) bond motifs is 4. The summed E-state index contributed by atoms with van der Waals surface area (Å²) in [5, 5.41) is 9.41. The summed E-state index contributed by atoms with van der Waals surface area (Å²) in [7, 11) is 0. The average Bonchev–Trinajstić information content (AvgIpc) is 3.26. The predicted octanol–water partition coefficient (Wildman–Crippen LogP) is 12.0. The van der Waals surface area contributed by atoms with Gasteiger partial charge < -0.3 is 5.32 Å². The SMILES string of the molecule is c1ccc(C2=NC(c3ccc(-c4cccc5c4ccc4nc(-c6cccc7ccccc67)cc(-c6ccccc6)c45)cc3)N=C(c3ccccc3)N2)cc1. The normalized spacial score (nSPS) is 13.1. The fourth-order valence-electron chi connectivity index (χ4n) is 7.70. The van der Waals surface area contributed by atoms with Crippen LogP contribution in [-0.2, 0) is 0 Å². The molecule has 0 aliphatic carbocycles. The number of nitrogens with one attached hydrogen (secondary N) is 1. The molecule has 254 valence electrons. The van der Waals surface area contributed by atoms with Crippen LogP contribution in [0.2, 0.25) is 0 Å². The van der Waals surface area contributed by atoms with E-state index in [0.29, 0.717) is 0 Å². The van der Waals surface area contributed by atoms with E-state index in [-0.39, 0.29) is 6.17 Å². The fraction of sp³-hybridized carbons (Fsp3) is 0.0200. The first-order valence-corrected chi connectivity index (χ1v) is 18.3. The van der Waals surface area contributed by atoms with Crippen molar-refractivity contribution >= 4 is 44.1 Å². The van der Waals surface area contributed by atoms with Gasteiger partial charge in [0.15, 0.2) is 6.17 Å². The van der Waals surface area contributed by atoms with Crippen LogP contribution in [0, 0.1) is 0 Å². The van der Waals surface area contributed by atoms with Crippen molar-refractivity contribution in [3.8, 4) is 33.5 Å². The molecule has 4 heteroatoms. The van der Waals surface area contributed by atoms with Crippen molar-refractivity contribution in [2.75, 3.05) is 0 Å². The molecule has 0 atom stereocenters. The van der Waals surface area contributed by atoms with Crippen LogP contribution in [0.15, 0.2) is 204 Å². The second-order valence-electron chi connectivity index (χ2n) is 13.6. The lowest BCUT2D eigenvalue weighted by atomic mass is 9.91. The molecule has 0 radical (unpaired) electrons. The topological polar surface area (TPSA) is 49.6 Å². The van der Waals surface area contributed by atoms with E-state index in [1.165, 1.54) is 38.2 Å².